The molecule has 0 radical (unpaired) electrons. The van der Waals surface area contributed by atoms with Crippen LogP contribution < -0.4 is 9.47 Å². The Morgan fingerprint density at radius 3 is 2.50 bits per heavy atom. The van der Waals surface area contributed by atoms with Crippen LogP contribution in [0.15, 0.2) is 46.9 Å². The molecule has 0 aliphatic rings. The molecule has 2 aromatic rings. The lowest BCUT2D eigenvalue weighted by Crippen LogP contribution is -2.08. The predicted molar refractivity (Wildman–Crippen MR) is 80.6 cm³/mol. The number of hydrogen-bond donors (Lipinski definition) is 0. The smallest absolute Gasteiger partial charge is 0.175 e. The zero-order chi connectivity index (χ0) is 14.5. The molecule has 0 N–H and O–H groups in total. The molecule has 0 heterocycles. The molecule has 0 unspecified atom stereocenters. The second-order valence-corrected chi connectivity index (χ2v) is 5.51. The summed E-state index contributed by atoms with van der Waals surface area (Å²) in [5, 5.41) is 0. The van der Waals surface area contributed by atoms with Gasteiger partial charge in [0, 0.05) is 6.07 Å². The first-order valence-corrected chi connectivity index (χ1v) is 7.18. The molecule has 2 aromatic carbocycles. The Labute approximate surface area is 126 Å². The van der Waals surface area contributed by atoms with Gasteiger partial charge in [0.05, 0.1) is 10.6 Å². The summed E-state index contributed by atoms with van der Waals surface area (Å²) in [5.74, 6) is 0.558. The van der Waals surface area contributed by atoms with Crippen LogP contribution in [0.2, 0.25) is 0 Å². The third-order valence-electron chi connectivity index (χ3n) is 2.57. The van der Waals surface area contributed by atoms with Gasteiger partial charge in [0.25, 0.3) is 0 Å². The lowest BCUT2D eigenvalue weighted by molar-refractivity contribution is 0.216. The van der Waals surface area contributed by atoms with Crippen molar-refractivity contribution in [1.29, 1.82) is 0 Å². The Kier molecular flexibility index (Phi) is 5.01. The van der Waals surface area contributed by atoms with Crippen LogP contribution in [0.5, 0.6) is 11.5 Å². The van der Waals surface area contributed by atoms with E-state index in [4.69, 9.17) is 9.47 Å². The van der Waals surface area contributed by atoms with Crippen molar-refractivity contribution in [3.63, 3.8) is 0 Å². The molecule has 2 rings (SSSR count). The van der Waals surface area contributed by atoms with E-state index in [0.717, 1.165) is 5.56 Å². The van der Waals surface area contributed by atoms with E-state index in [9.17, 15) is 4.39 Å². The van der Waals surface area contributed by atoms with Crippen molar-refractivity contribution >= 4 is 15.9 Å². The number of halogens is 2. The van der Waals surface area contributed by atoms with Gasteiger partial charge in [-0.05, 0) is 41.4 Å². The van der Waals surface area contributed by atoms with E-state index in [1.165, 1.54) is 12.1 Å². The van der Waals surface area contributed by atoms with E-state index >= 15 is 0 Å². The molecule has 0 amide bonds. The highest BCUT2D eigenvalue weighted by atomic mass is 79.9. The maximum atomic E-state index is 13.5. The second-order valence-electron chi connectivity index (χ2n) is 4.66. The van der Waals surface area contributed by atoms with Crippen molar-refractivity contribution in [3.05, 3.63) is 58.3 Å². The Hall–Kier alpha value is -1.55. The molecule has 0 fully saturated rings. The van der Waals surface area contributed by atoms with E-state index in [1.54, 1.807) is 0 Å². The first-order chi connectivity index (χ1) is 9.56. The van der Waals surface area contributed by atoms with Crippen molar-refractivity contribution < 1.29 is 13.9 Å². The molecule has 0 bridgehead atoms. The highest BCUT2D eigenvalue weighted by Gasteiger charge is 2.14. The van der Waals surface area contributed by atoms with Gasteiger partial charge in [-0.1, -0.05) is 30.3 Å². The van der Waals surface area contributed by atoms with Crippen molar-refractivity contribution in [2.24, 2.45) is 0 Å². The molecule has 0 saturated heterocycles. The van der Waals surface area contributed by atoms with Gasteiger partial charge in [-0.3, -0.25) is 0 Å². The molecule has 2 nitrogen and oxygen atoms in total. The van der Waals surface area contributed by atoms with Gasteiger partial charge in [-0.2, -0.15) is 0 Å². The fraction of sp³-hybridized carbons (Fsp3) is 0.250. The van der Waals surface area contributed by atoms with Crippen molar-refractivity contribution in [1.82, 2.24) is 0 Å². The molecule has 0 aliphatic carbocycles. The van der Waals surface area contributed by atoms with E-state index < -0.39 is 0 Å². The lowest BCUT2D eigenvalue weighted by Gasteiger charge is -2.16. The van der Waals surface area contributed by atoms with Gasteiger partial charge < -0.3 is 9.47 Å². The van der Waals surface area contributed by atoms with E-state index in [0.29, 0.717) is 22.6 Å². The summed E-state index contributed by atoms with van der Waals surface area (Å²) in [6.07, 6.45) is -0.0177. The van der Waals surface area contributed by atoms with Gasteiger partial charge in [-0.15, -0.1) is 0 Å². The third kappa shape index (κ3) is 3.97. The average molecular weight is 339 g/mol. The number of rotatable bonds is 5. The standard InChI is InChI=1S/C16H16BrFO2/c1-11(2)20-16-14(17)8-13(18)9-15(16)19-10-12-6-4-3-5-7-12/h3-9,11H,10H2,1-2H3. The minimum atomic E-state index is -0.365. The maximum Gasteiger partial charge on any atom is 0.175 e. The summed E-state index contributed by atoms with van der Waals surface area (Å²) in [6, 6.07) is 12.4. The molecule has 4 heteroatoms. The first kappa shape index (κ1) is 14.9. The molecule has 0 aromatic heterocycles. The topological polar surface area (TPSA) is 18.5 Å². The number of ether oxygens (including phenoxy) is 2. The van der Waals surface area contributed by atoms with Crippen LogP contribution in [0, 0.1) is 5.82 Å². The number of hydrogen-bond acceptors (Lipinski definition) is 2. The van der Waals surface area contributed by atoms with E-state index in [-0.39, 0.29) is 11.9 Å². The Morgan fingerprint density at radius 1 is 1.15 bits per heavy atom. The summed E-state index contributed by atoms with van der Waals surface area (Å²) in [7, 11) is 0. The highest BCUT2D eigenvalue weighted by Crippen LogP contribution is 2.37. The fourth-order valence-electron chi connectivity index (χ4n) is 1.73. The number of benzene rings is 2. The van der Waals surface area contributed by atoms with Crippen molar-refractivity contribution in [2.75, 3.05) is 0 Å². The Balaban J connectivity index is 2.21. The van der Waals surface area contributed by atoms with E-state index in [1.807, 2.05) is 44.2 Å². The summed E-state index contributed by atoms with van der Waals surface area (Å²) in [5.41, 5.74) is 1.02. The minimum Gasteiger partial charge on any atom is -0.486 e. The average Bonchev–Trinajstić information content (AvgIpc) is 2.40. The van der Waals surface area contributed by atoms with Gasteiger partial charge >= 0.3 is 0 Å². The molecular formula is C16H16BrFO2. The van der Waals surface area contributed by atoms with Gasteiger partial charge in [0.15, 0.2) is 11.5 Å². The molecule has 0 spiro atoms. The van der Waals surface area contributed by atoms with Crippen LogP contribution in [0.1, 0.15) is 19.4 Å². The molecule has 20 heavy (non-hydrogen) atoms. The van der Waals surface area contributed by atoms with E-state index in [2.05, 4.69) is 15.9 Å². The van der Waals surface area contributed by atoms with Gasteiger partial charge in [0.1, 0.15) is 12.4 Å². The molecular weight excluding hydrogens is 323 g/mol. The lowest BCUT2D eigenvalue weighted by atomic mass is 10.2. The summed E-state index contributed by atoms with van der Waals surface area (Å²) >= 11 is 3.31. The predicted octanol–water partition coefficient (Wildman–Crippen LogP) is 4.95. The van der Waals surface area contributed by atoms with Gasteiger partial charge in [0.2, 0.25) is 0 Å². The summed E-state index contributed by atoms with van der Waals surface area (Å²) in [4.78, 5) is 0. The minimum absolute atomic E-state index is 0.0177. The van der Waals surface area contributed by atoms with Crippen molar-refractivity contribution in [2.45, 2.75) is 26.6 Å². The van der Waals surface area contributed by atoms with Gasteiger partial charge in [-0.25, -0.2) is 4.39 Å². The maximum absolute atomic E-state index is 13.5. The van der Waals surface area contributed by atoms with Crippen molar-refractivity contribution in [3.8, 4) is 11.5 Å². The second kappa shape index (κ2) is 6.75. The Bertz CT molecular complexity index is 570. The zero-order valence-corrected chi connectivity index (χ0v) is 13.0. The normalized spacial score (nSPS) is 10.7. The highest BCUT2D eigenvalue weighted by molar-refractivity contribution is 9.10. The summed E-state index contributed by atoms with van der Waals surface area (Å²) < 4.78 is 25.4. The molecule has 0 aliphatic heterocycles. The Morgan fingerprint density at radius 2 is 1.85 bits per heavy atom. The quantitative estimate of drug-likeness (QED) is 0.767. The molecule has 0 saturated carbocycles. The van der Waals surface area contributed by atoms with Crippen LogP contribution in [0.25, 0.3) is 0 Å². The molecule has 106 valence electrons. The van der Waals surface area contributed by atoms with Crippen LogP contribution in [0.4, 0.5) is 4.39 Å². The van der Waals surface area contributed by atoms with Crippen LogP contribution in [-0.4, -0.2) is 6.10 Å². The first-order valence-electron chi connectivity index (χ1n) is 6.38. The van der Waals surface area contributed by atoms with Crippen LogP contribution in [-0.2, 0) is 6.61 Å². The largest absolute Gasteiger partial charge is 0.486 e. The molecule has 0 atom stereocenters. The van der Waals surface area contributed by atoms with Crippen LogP contribution >= 0.6 is 15.9 Å². The SMILES string of the molecule is CC(C)Oc1c(Br)cc(F)cc1OCc1ccccc1. The monoisotopic (exact) mass is 338 g/mol. The third-order valence-corrected chi connectivity index (χ3v) is 3.15. The van der Waals surface area contributed by atoms with Crippen LogP contribution in [0.3, 0.4) is 0 Å². The fourth-order valence-corrected chi connectivity index (χ4v) is 2.24. The summed E-state index contributed by atoms with van der Waals surface area (Å²) in [6.45, 7) is 4.19. The zero-order valence-electron chi connectivity index (χ0n) is 11.4.